The number of alkyl halides is 4. The standard InChI is InChI=1S/C16H13BrClF3/c1-10-13(3-2-4-15(10)18)14(17)9-11-5-7-12(8-6-11)16(19,20)21/h2-8,14H,9H2,1H3. The van der Waals surface area contributed by atoms with Gasteiger partial charge in [0.05, 0.1) is 5.56 Å². The van der Waals surface area contributed by atoms with Gasteiger partial charge in [0.25, 0.3) is 0 Å². The Morgan fingerprint density at radius 2 is 1.71 bits per heavy atom. The molecule has 0 radical (unpaired) electrons. The zero-order valence-corrected chi connectivity index (χ0v) is 13.6. The molecule has 0 aliphatic carbocycles. The number of halogens is 5. The van der Waals surface area contributed by atoms with Crippen molar-refractivity contribution in [3.8, 4) is 0 Å². The molecule has 2 rings (SSSR count). The first-order valence-corrected chi connectivity index (χ1v) is 7.63. The van der Waals surface area contributed by atoms with Gasteiger partial charge >= 0.3 is 6.18 Å². The fourth-order valence-corrected chi connectivity index (χ4v) is 3.16. The van der Waals surface area contributed by atoms with Crippen molar-refractivity contribution < 1.29 is 13.2 Å². The molecule has 0 bridgehead atoms. The van der Waals surface area contributed by atoms with Crippen LogP contribution in [0.25, 0.3) is 0 Å². The Bertz CT molecular complexity index is 620. The largest absolute Gasteiger partial charge is 0.416 e. The lowest BCUT2D eigenvalue weighted by atomic mass is 10.00. The lowest BCUT2D eigenvalue weighted by molar-refractivity contribution is -0.137. The Kier molecular flexibility index (Phi) is 4.99. The lowest BCUT2D eigenvalue weighted by Gasteiger charge is -2.15. The van der Waals surface area contributed by atoms with Gasteiger partial charge in [-0.15, -0.1) is 0 Å². The van der Waals surface area contributed by atoms with E-state index in [1.54, 1.807) is 0 Å². The maximum atomic E-state index is 12.5. The monoisotopic (exact) mass is 376 g/mol. The third-order valence-electron chi connectivity index (χ3n) is 3.34. The van der Waals surface area contributed by atoms with Gasteiger partial charge in [-0.05, 0) is 48.2 Å². The molecule has 0 N–H and O–H groups in total. The summed E-state index contributed by atoms with van der Waals surface area (Å²) >= 11 is 9.67. The molecule has 0 fully saturated rings. The summed E-state index contributed by atoms with van der Waals surface area (Å²) in [7, 11) is 0. The summed E-state index contributed by atoms with van der Waals surface area (Å²) in [5, 5.41) is 0.685. The molecular weight excluding hydrogens is 365 g/mol. The highest BCUT2D eigenvalue weighted by molar-refractivity contribution is 9.09. The lowest BCUT2D eigenvalue weighted by Crippen LogP contribution is -2.05. The van der Waals surface area contributed by atoms with Gasteiger partial charge in [-0.3, -0.25) is 0 Å². The van der Waals surface area contributed by atoms with E-state index >= 15 is 0 Å². The van der Waals surface area contributed by atoms with Crippen LogP contribution in [-0.4, -0.2) is 0 Å². The second-order valence-electron chi connectivity index (χ2n) is 4.82. The summed E-state index contributed by atoms with van der Waals surface area (Å²) < 4.78 is 37.6. The van der Waals surface area contributed by atoms with Crippen molar-refractivity contribution in [2.75, 3.05) is 0 Å². The molecule has 0 aliphatic rings. The van der Waals surface area contributed by atoms with Crippen LogP contribution < -0.4 is 0 Å². The van der Waals surface area contributed by atoms with Gasteiger partial charge in [0.2, 0.25) is 0 Å². The summed E-state index contributed by atoms with van der Waals surface area (Å²) in [5.74, 6) is 0. The van der Waals surface area contributed by atoms with Crippen molar-refractivity contribution in [2.45, 2.75) is 24.3 Å². The first-order chi connectivity index (χ1) is 9.79. The molecule has 2 aromatic rings. The molecule has 0 heterocycles. The molecular formula is C16H13BrClF3. The predicted octanol–water partition coefficient (Wildman–Crippen LogP) is 6.35. The number of hydrogen-bond donors (Lipinski definition) is 0. The second-order valence-corrected chi connectivity index (χ2v) is 6.33. The number of benzene rings is 2. The molecule has 0 aromatic heterocycles. The van der Waals surface area contributed by atoms with E-state index in [-0.39, 0.29) is 4.83 Å². The minimum Gasteiger partial charge on any atom is -0.166 e. The van der Waals surface area contributed by atoms with Crippen LogP contribution in [0.5, 0.6) is 0 Å². The summed E-state index contributed by atoms with van der Waals surface area (Å²) in [6, 6.07) is 10.9. The summed E-state index contributed by atoms with van der Waals surface area (Å²) in [6.45, 7) is 1.93. The van der Waals surface area contributed by atoms with Crippen LogP contribution in [0, 0.1) is 6.92 Å². The smallest absolute Gasteiger partial charge is 0.166 e. The van der Waals surface area contributed by atoms with Crippen LogP contribution in [0.1, 0.15) is 27.1 Å². The van der Waals surface area contributed by atoms with Crippen molar-refractivity contribution in [3.63, 3.8) is 0 Å². The van der Waals surface area contributed by atoms with Gasteiger partial charge in [0.1, 0.15) is 0 Å². The SMILES string of the molecule is Cc1c(Cl)cccc1C(Br)Cc1ccc(C(F)(F)F)cc1. The van der Waals surface area contributed by atoms with Crippen molar-refractivity contribution in [3.05, 3.63) is 69.7 Å². The van der Waals surface area contributed by atoms with E-state index in [2.05, 4.69) is 15.9 Å². The highest BCUT2D eigenvalue weighted by Crippen LogP contribution is 2.33. The second kappa shape index (κ2) is 6.41. The van der Waals surface area contributed by atoms with E-state index in [1.165, 1.54) is 12.1 Å². The molecule has 0 saturated carbocycles. The average Bonchev–Trinajstić information content (AvgIpc) is 2.41. The Labute approximate surface area is 135 Å². The average molecular weight is 378 g/mol. The molecule has 5 heteroatoms. The van der Waals surface area contributed by atoms with E-state index in [9.17, 15) is 13.2 Å². The van der Waals surface area contributed by atoms with E-state index in [0.29, 0.717) is 11.4 Å². The van der Waals surface area contributed by atoms with E-state index < -0.39 is 11.7 Å². The summed E-state index contributed by atoms with van der Waals surface area (Å²) in [6.07, 6.45) is -3.70. The Morgan fingerprint density at radius 3 is 2.29 bits per heavy atom. The molecule has 0 saturated heterocycles. The number of hydrogen-bond acceptors (Lipinski definition) is 0. The van der Waals surface area contributed by atoms with Crippen molar-refractivity contribution in [1.29, 1.82) is 0 Å². The van der Waals surface area contributed by atoms with Crippen LogP contribution >= 0.6 is 27.5 Å². The Hall–Kier alpha value is -1.00. The van der Waals surface area contributed by atoms with Gasteiger partial charge in [-0.25, -0.2) is 0 Å². The quantitative estimate of drug-likeness (QED) is 0.547. The zero-order valence-electron chi connectivity index (χ0n) is 11.2. The summed E-state index contributed by atoms with van der Waals surface area (Å²) in [5.41, 5.74) is 2.23. The van der Waals surface area contributed by atoms with E-state index in [4.69, 9.17) is 11.6 Å². The molecule has 1 atom stereocenters. The van der Waals surface area contributed by atoms with Crippen LogP contribution in [0.3, 0.4) is 0 Å². The molecule has 21 heavy (non-hydrogen) atoms. The normalized spacial score (nSPS) is 13.2. The van der Waals surface area contributed by atoms with Crippen molar-refractivity contribution in [2.24, 2.45) is 0 Å². The van der Waals surface area contributed by atoms with Crippen molar-refractivity contribution >= 4 is 27.5 Å². The highest BCUT2D eigenvalue weighted by Gasteiger charge is 2.30. The van der Waals surface area contributed by atoms with Crippen LogP contribution in [-0.2, 0) is 12.6 Å². The summed E-state index contributed by atoms with van der Waals surface area (Å²) in [4.78, 5) is 0.00735. The van der Waals surface area contributed by atoms with Gasteiger partial charge in [-0.1, -0.05) is 51.8 Å². The van der Waals surface area contributed by atoms with Gasteiger partial charge in [-0.2, -0.15) is 13.2 Å². The Morgan fingerprint density at radius 1 is 1.10 bits per heavy atom. The first-order valence-electron chi connectivity index (χ1n) is 6.34. The van der Waals surface area contributed by atoms with Gasteiger partial charge < -0.3 is 0 Å². The topological polar surface area (TPSA) is 0 Å². The van der Waals surface area contributed by atoms with Crippen LogP contribution in [0.15, 0.2) is 42.5 Å². The predicted molar refractivity (Wildman–Crippen MR) is 83.0 cm³/mol. The van der Waals surface area contributed by atoms with Crippen LogP contribution in [0.2, 0.25) is 5.02 Å². The fourth-order valence-electron chi connectivity index (χ4n) is 2.11. The maximum Gasteiger partial charge on any atom is 0.416 e. The minimum atomic E-state index is -4.30. The van der Waals surface area contributed by atoms with Gasteiger partial charge in [0, 0.05) is 9.85 Å². The Balaban J connectivity index is 2.16. The third kappa shape index (κ3) is 4.01. The molecule has 0 nitrogen and oxygen atoms in total. The number of rotatable bonds is 3. The first kappa shape index (κ1) is 16.4. The van der Waals surface area contributed by atoms with Gasteiger partial charge in [0.15, 0.2) is 0 Å². The minimum absolute atomic E-state index is 0.00735. The molecule has 0 spiro atoms. The molecule has 1 unspecified atom stereocenters. The molecule has 2 aromatic carbocycles. The zero-order chi connectivity index (χ0) is 15.6. The maximum absolute atomic E-state index is 12.5. The molecule has 0 aliphatic heterocycles. The van der Waals surface area contributed by atoms with Crippen molar-refractivity contribution in [1.82, 2.24) is 0 Å². The third-order valence-corrected chi connectivity index (χ3v) is 4.57. The molecule has 112 valence electrons. The molecule has 0 amide bonds. The van der Waals surface area contributed by atoms with Crippen LogP contribution in [0.4, 0.5) is 13.2 Å². The van der Waals surface area contributed by atoms with E-state index in [0.717, 1.165) is 28.8 Å². The van der Waals surface area contributed by atoms with E-state index in [1.807, 2.05) is 25.1 Å². The fraction of sp³-hybridized carbons (Fsp3) is 0.250. The highest BCUT2D eigenvalue weighted by atomic mass is 79.9.